The summed E-state index contributed by atoms with van der Waals surface area (Å²) in [6, 6.07) is 14.6. The van der Waals surface area contributed by atoms with Gasteiger partial charge >= 0.3 is 0 Å². The summed E-state index contributed by atoms with van der Waals surface area (Å²) >= 11 is 0. The highest BCUT2D eigenvalue weighted by atomic mass is 32.2. The molecule has 0 aliphatic carbocycles. The number of benzene rings is 2. The summed E-state index contributed by atoms with van der Waals surface area (Å²) in [6.45, 7) is 7.65. The van der Waals surface area contributed by atoms with Crippen LogP contribution in [0.15, 0.2) is 48.5 Å². The maximum absolute atomic E-state index is 12.3. The van der Waals surface area contributed by atoms with E-state index in [-0.39, 0.29) is 5.91 Å². The summed E-state index contributed by atoms with van der Waals surface area (Å²) in [7, 11) is -3.38. The van der Waals surface area contributed by atoms with Crippen molar-refractivity contribution < 1.29 is 13.2 Å². The average Bonchev–Trinajstić information content (AvgIpc) is 2.64. The van der Waals surface area contributed by atoms with Crippen LogP contribution in [0.2, 0.25) is 0 Å². The highest BCUT2D eigenvalue weighted by Gasteiger charge is 2.08. The number of carbonyl (C=O) groups is 1. The molecule has 0 bridgehead atoms. The predicted octanol–water partition coefficient (Wildman–Crippen LogP) is 2.83. The van der Waals surface area contributed by atoms with Gasteiger partial charge in [-0.2, -0.15) is 0 Å². The molecule has 2 aromatic carbocycles. The van der Waals surface area contributed by atoms with Gasteiger partial charge in [-0.3, -0.25) is 14.4 Å². The van der Waals surface area contributed by atoms with Crippen LogP contribution in [0.3, 0.4) is 0 Å². The minimum absolute atomic E-state index is 0.251. The molecule has 0 atom stereocenters. The molecule has 0 aliphatic rings. The molecule has 2 N–H and O–H groups in total. The van der Waals surface area contributed by atoms with Crippen molar-refractivity contribution >= 4 is 21.6 Å². The SMILES string of the molecule is CCN(CC)Cc1ccc(CNC(=O)c2cccc(NS(C)(=O)=O)c2)cc1. The second kappa shape index (κ2) is 9.53. The molecule has 0 saturated carbocycles. The quantitative estimate of drug-likeness (QED) is 0.691. The summed E-state index contributed by atoms with van der Waals surface area (Å²) < 4.78 is 25.0. The molecule has 6 nitrogen and oxygen atoms in total. The van der Waals surface area contributed by atoms with Gasteiger partial charge in [-0.25, -0.2) is 8.42 Å². The van der Waals surface area contributed by atoms with Crippen LogP contribution in [-0.4, -0.2) is 38.6 Å². The molecule has 146 valence electrons. The van der Waals surface area contributed by atoms with E-state index in [0.29, 0.717) is 17.8 Å². The summed E-state index contributed by atoms with van der Waals surface area (Å²) in [6.07, 6.45) is 1.07. The van der Waals surface area contributed by atoms with E-state index in [1.165, 1.54) is 11.6 Å². The van der Waals surface area contributed by atoms with Crippen LogP contribution in [0.5, 0.6) is 0 Å². The second-order valence-electron chi connectivity index (χ2n) is 6.42. The number of nitrogens with zero attached hydrogens (tertiary/aromatic N) is 1. The lowest BCUT2D eigenvalue weighted by Gasteiger charge is -2.18. The third-order valence-corrected chi connectivity index (χ3v) is 4.81. The molecule has 0 radical (unpaired) electrons. The molecule has 0 aliphatic heterocycles. The number of nitrogens with one attached hydrogen (secondary N) is 2. The Bertz CT molecular complexity index is 860. The lowest BCUT2D eigenvalue weighted by molar-refractivity contribution is 0.0951. The zero-order valence-electron chi connectivity index (χ0n) is 16.0. The van der Waals surface area contributed by atoms with Gasteiger partial charge in [0.1, 0.15) is 0 Å². The number of amides is 1. The van der Waals surface area contributed by atoms with E-state index in [2.05, 4.69) is 40.9 Å². The van der Waals surface area contributed by atoms with Gasteiger partial charge in [-0.05, 0) is 42.4 Å². The standard InChI is InChI=1S/C20H27N3O3S/c1-4-23(5-2)15-17-11-9-16(10-12-17)14-21-20(24)18-7-6-8-19(13-18)22-27(3,25)26/h6-13,22H,4-5,14-15H2,1-3H3,(H,21,24). The Kier molecular flexibility index (Phi) is 7.38. The zero-order valence-corrected chi connectivity index (χ0v) is 16.8. The van der Waals surface area contributed by atoms with Crippen LogP contribution in [0.1, 0.15) is 35.3 Å². The Morgan fingerprint density at radius 2 is 1.63 bits per heavy atom. The third-order valence-electron chi connectivity index (χ3n) is 4.20. The van der Waals surface area contributed by atoms with Crippen molar-refractivity contribution in [2.75, 3.05) is 24.1 Å². The minimum Gasteiger partial charge on any atom is -0.348 e. The van der Waals surface area contributed by atoms with Crippen molar-refractivity contribution in [1.29, 1.82) is 0 Å². The first-order valence-corrected chi connectivity index (χ1v) is 10.9. The number of rotatable bonds is 9. The maximum Gasteiger partial charge on any atom is 0.251 e. The molecule has 0 aromatic heterocycles. The molecular formula is C20H27N3O3S. The molecule has 1 amide bonds. The first-order chi connectivity index (χ1) is 12.8. The van der Waals surface area contributed by atoms with Crippen LogP contribution < -0.4 is 10.0 Å². The Hall–Kier alpha value is -2.38. The van der Waals surface area contributed by atoms with Crippen molar-refractivity contribution in [3.63, 3.8) is 0 Å². The first-order valence-electron chi connectivity index (χ1n) is 8.97. The van der Waals surface area contributed by atoms with Gasteiger partial charge in [-0.1, -0.05) is 44.2 Å². The van der Waals surface area contributed by atoms with Crippen molar-refractivity contribution in [1.82, 2.24) is 10.2 Å². The van der Waals surface area contributed by atoms with Crippen LogP contribution in [-0.2, 0) is 23.1 Å². The molecule has 0 saturated heterocycles. The largest absolute Gasteiger partial charge is 0.348 e. The van der Waals surface area contributed by atoms with E-state index in [1.54, 1.807) is 18.2 Å². The van der Waals surface area contributed by atoms with E-state index in [4.69, 9.17) is 0 Å². The summed E-state index contributed by atoms with van der Waals surface area (Å²) in [5.41, 5.74) is 3.03. The van der Waals surface area contributed by atoms with Crippen molar-refractivity contribution in [2.24, 2.45) is 0 Å². The van der Waals surface area contributed by atoms with Crippen molar-refractivity contribution in [2.45, 2.75) is 26.9 Å². The van der Waals surface area contributed by atoms with Gasteiger partial charge in [0.15, 0.2) is 0 Å². The van der Waals surface area contributed by atoms with Crippen LogP contribution >= 0.6 is 0 Å². The maximum atomic E-state index is 12.3. The Morgan fingerprint density at radius 3 is 2.22 bits per heavy atom. The topological polar surface area (TPSA) is 78.5 Å². The second-order valence-corrected chi connectivity index (χ2v) is 8.16. The lowest BCUT2D eigenvalue weighted by Crippen LogP contribution is -2.23. The van der Waals surface area contributed by atoms with Gasteiger partial charge in [0.05, 0.1) is 6.26 Å². The smallest absolute Gasteiger partial charge is 0.251 e. The Balaban J connectivity index is 1.94. The minimum atomic E-state index is -3.38. The highest BCUT2D eigenvalue weighted by Crippen LogP contribution is 2.12. The van der Waals surface area contributed by atoms with Gasteiger partial charge < -0.3 is 5.32 Å². The number of hydrogen-bond donors (Lipinski definition) is 2. The summed E-state index contributed by atoms with van der Waals surface area (Å²) in [4.78, 5) is 14.7. The van der Waals surface area contributed by atoms with Crippen LogP contribution in [0.25, 0.3) is 0 Å². The fourth-order valence-corrected chi connectivity index (χ4v) is 3.25. The first kappa shape index (κ1) is 20.9. The fourth-order valence-electron chi connectivity index (χ4n) is 2.69. The third kappa shape index (κ3) is 7.03. The number of hydrogen-bond acceptors (Lipinski definition) is 4. The molecule has 0 spiro atoms. The summed E-state index contributed by atoms with van der Waals surface area (Å²) in [5.74, 6) is -0.251. The van der Waals surface area contributed by atoms with E-state index in [1.807, 2.05) is 12.1 Å². The zero-order chi connectivity index (χ0) is 19.9. The normalized spacial score (nSPS) is 11.4. The van der Waals surface area contributed by atoms with Crippen molar-refractivity contribution in [3.8, 4) is 0 Å². The molecule has 0 fully saturated rings. The van der Waals surface area contributed by atoms with Gasteiger partial charge in [0.2, 0.25) is 10.0 Å². The molecule has 27 heavy (non-hydrogen) atoms. The number of sulfonamides is 1. The van der Waals surface area contributed by atoms with Crippen LogP contribution in [0, 0.1) is 0 Å². The lowest BCUT2D eigenvalue weighted by atomic mass is 10.1. The molecular weight excluding hydrogens is 362 g/mol. The van der Waals surface area contributed by atoms with Gasteiger partial charge in [-0.15, -0.1) is 0 Å². The van der Waals surface area contributed by atoms with Gasteiger partial charge in [0, 0.05) is 24.3 Å². The Labute approximate surface area is 161 Å². The average molecular weight is 390 g/mol. The molecule has 7 heteroatoms. The molecule has 0 unspecified atom stereocenters. The molecule has 0 heterocycles. The van der Waals surface area contributed by atoms with E-state index in [0.717, 1.165) is 31.5 Å². The monoisotopic (exact) mass is 389 g/mol. The van der Waals surface area contributed by atoms with Crippen molar-refractivity contribution in [3.05, 3.63) is 65.2 Å². The fraction of sp³-hybridized carbons (Fsp3) is 0.350. The predicted molar refractivity (Wildman–Crippen MR) is 109 cm³/mol. The van der Waals surface area contributed by atoms with Crippen LogP contribution in [0.4, 0.5) is 5.69 Å². The number of anilines is 1. The number of carbonyl (C=O) groups excluding carboxylic acids is 1. The van der Waals surface area contributed by atoms with E-state index in [9.17, 15) is 13.2 Å². The molecule has 2 aromatic rings. The summed E-state index contributed by atoms with van der Waals surface area (Å²) in [5, 5.41) is 2.86. The van der Waals surface area contributed by atoms with Gasteiger partial charge in [0.25, 0.3) is 5.91 Å². The van der Waals surface area contributed by atoms with E-state index < -0.39 is 10.0 Å². The van der Waals surface area contributed by atoms with E-state index >= 15 is 0 Å². The highest BCUT2D eigenvalue weighted by molar-refractivity contribution is 7.92. The molecule has 2 rings (SSSR count). The Morgan fingerprint density at radius 1 is 1.00 bits per heavy atom.